The summed E-state index contributed by atoms with van der Waals surface area (Å²) in [6, 6.07) is 12.1. The van der Waals surface area contributed by atoms with Crippen molar-refractivity contribution in [3.63, 3.8) is 0 Å². The molecule has 12 heteroatoms. The standard InChI is InChI=1S/C25H23Cl3N4O4S/c26-17-11-22(31-37(34,35)19-5-6-20(27)21(28)12-19)25(29-13-17)36-18-3-1-16(2-4-18)24(33)30-23-14-32-9-7-15(23)8-10-32/h1-6,11-13,15,23,31H,7-10,14H2,(H,30,33). The fraction of sp³-hybridized carbons (Fsp3) is 0.280. The summed E-state index contributed by atoms with van der Waals surface area (Å²) in [6.07, 6.45) is 3.56. The molecule has 37 heavy (non-hydrogen) atoms. The second-order valence-corrected chi connectivity index (χ2v) is 12.0. The number of sulfonamides is 1. The lowest BCUT2D eigenvalue weighted by molar-refractivity contribution is 0.0620. The van der Waals surface area contributed by atoms with Crippen LogP contribution in [0.2, 0.25) is 15.1 Å². The van der Waals surface area contributed by atoms with E-state index in [2.05, 4.69) is 19.9 Å². The smallest absolute Gasteiger partial charge is 0.262 e. The van der Waals surface area contributed by atoms with Crippen molar-refractivity contribution in [2.75, 3.05) is 24.4 Å². The number of benzene rings is 2. The quantitative estimate of drug-likeness (QED) is 0.384. The first-order chi connectivity index (χ1) is 17.7. The van der Waals surface area contributed by atoms with E-state index >= 15 is 0 Å². The normalized spacial score (nSPS) is 20.9. The summed E-state index contributed by atoms with van der Waals surface area (Å²) < 4.78 is 34.1. The van der Waals surface area contributed by atoms with E-state index in [4.69, 9.17) is 39.5 Å². The number of anilines is 1. The number of carbonyl (C=O) groups excluding carboxylic acids is 1. The van der Waals surface area contributed by atoms with Crippen LogP contribution in [0, 0.1) is 5.92 Å². The average molecular weight is 582 g/mol. The molecule has 1 unspecified atom stereocenters. The number of rotatable bonds is 7. The highest BCUT2D eigenvalue weighted by molar-refractivity contribution is 7.92. The van der Waals surface area contributed by atoms with Crippen molar-refractivity contribution in [3.8, 4) is 11.6 Å². The molecule has 0 aliphatic carbocycles. The van der Waals surface area contributed by atoms with Crippen molar-refractivity contribution < 1.29 is 17.9 Å². The van der Waals surface area contributed by atoms with Crippen LogP contribution in [0.25, 0.3) is 0 Å². The zero-order valence-electron chi connectivity index (χ0n) is 19.5. The highest BCUT2D eigenvalue weighted by Gasteiger charge is 2.35. The summed E-state index contributed by atoms with van der Waals surface area (Å²) in [6.45, 7) is 3.10. The van der Waals surface area contributed by atoms with Crippen molar-refractivity contribution >= 4 is 56.4 Å². The van der Waals surface area contributed by atoms with Crippen molar-refractivity contribution in [3.05, 3.63) is 75.4 Å². The predicted octanol–water partition coefficient (Wildman–Crippen LogP) is 5.46. The fourth-order valence-electron chi connectivity index (χ4n) is 4.60. The minimum absolute atomic E-state index is 0.0162. The highest BCUT2D eigenvalue weighted by atomic mass is 35.5. The van der Waals surface area contributed by atoms with Gasteiger partial charge >= 0.3 is 0 Å². The summed E-state index contributed by atoms with van der Waals surface area (Å²) in [5.41, 5.74) is 0.538. The van der Waals surface area contributed by atoms with Gasteiger partial charge in [-0.25, -0.2) is 13.4 Å². The van der Waals surface area contributed by atoms with E-state index in [0.717, 1.165) is 32.5 Å². The molecule has 0 saturated carbocycles. The van der Waals surface area contributed by atoms with Gasteiger partial charge in [0.15, 0.2) is 0 Å². The van der Waals surface area contributed by atoms with Gasteiger partial charge in [-0.3, -0.25) is 9.52 Å². The molecule has 0 spiro atoms. The molecule has 3 aliphatic rings. The van der Waals surface area contributed by atoms with Crippen LogP contribution in [0.1, 0.15) is 23.2 Å². The molecule has 2 aromatic carbocycles. The topological polar surface area (TPSA) is 101 Å². The second kappa shape index (κ2) is 10.7. The monoisotopic (exact) mass is 580 g/mol. The molecule has 1 atom stereocenters. The zero-order valence-corrected chi connectivity index (χ0v) is 22.5. The number of hydrogen-bond acceptors (Lipinski definition) is 6. The maximum atomic E-state index is 12.9. The molecule has 1 aromatic heterocycles. The number of piperidine rings is 3. The molecule has 4 heterocycles. The molecule has 2 bridgehead atoms. The van der Waals surface area contributed by atoms with E-state index < -0.39 is 10.0 Å². The van der Waals surface area contributed by atoms with Crippen LogP contribution in [0.4, 0.5) is 5.69 Å². The summed E-state index contributed by atoms with van der Waals surface area (Å²) in [7, 11) is -4.05. The molecule has 8 nitrogen and oxygen atoms in total. The lowest BCUT2D eigenvalue weighted by atomic mass is 9.84. The molecule has 2 N–H and O–H groups in total. The van der Waals surface area contributed by atoms with Crippen LogP contribution >= 0.6 is 34.8 Å². The Morgan fingerprint density at radius 1 is 1.00 bits per heavy atom. The number of pyridine rings is 1. The molecule has 6 rings (SSSR count). The number of amides is 1. The molecular weight excluding hydrogens is 559 g/mol. The minimum Gasteiger partial charge on any atom is -0.437 e. The van der Waals surface area contributed by atoms with Gasteiger partial charge < -0.3 is 15.0 Å². The number of halogens is 3. The van der Waals surface area contributed by atoms with Gasteiger partial charge in [0.1, 0.15) is 11.4 Å². The third-order valence-corrected chi connectivity index (χ3v) is 8.88. The van der Waals surface area contributed by atoms with Crippen LogP contribution in [0.5, 0.6) is 11.6 Å². The number of hydrogen-bond donors (Lipinski definition) is 2. The Hall–Kier alpha value is -2.56. The summed E-state index contributed by atoms with van der Waals surface area (Å²) in [5.74, 6) is 0.741. The Morgan fingerprint density at radius 3 is 2.38 bits per heavy atom. The molecule has 1 amide bonds. The first kappa shape index (κ1) is 26.1. The van der Waals surface area contributed by atoms with E-state index in [-0.39, 0.29) is 43.5 Å². The van der Waals surface area contributed by atoms with Crippen molar-refractivity contribution in [1.82, 2.24) is 15.2 Å². The van der Waals surface area contributed by atoms with Crippen LogP contribution < -0.4 is 14.8 Å². The lowest BCUT2D eigenvalue weighted by Crippen LogP contribution is -2.57. The molecule has 3 saturated heterocycles. The van der Waals surface area contributed by atoms with Gasteiger partial charge in [-0.2, -0.15) is 0 Å². The van der Waals surface area contributed by atoms with E-state index in [0.29, 0.717) is 17.2 Å². The third-order valence-electron chi connectivity index (χ3n) is 6.57. The van der Waals surface area contributed by atoms with E-state index in [9.17, 15) is 13.2 Å². The SMILES string of the molecule is O=C(NC1CN2CCC1CC2)c1ccc(Oc2ncc(Cl)cc2NS(=O)(=O)c2ccc(Cl)c(Cl)c2)cc1. The van der Waals surface area contributed by atoms with E-state index in [1.54, 1.807) is 24.3 Å². The van der Waals surface area contributed by atoms with Crippen molar-refractivity contribution in [1.29, 1.82) is 0 Å². The van der Waals surface area contributed by atoms with Crippen LogP contribution in [-0.4, -0.2) is 49.9 Å². The molecule has 0 radical (unpaired) electrons. The van der Waals surface area contributed by atoms with Crippen LogP contribution in [0.15, 0.2) is 59.6 Å². The zero-order chi connectivity index (χ0) is 26.2. The lowest BCUT2D eigenvalue weighted by Gasteiger charge is -2.44. The summed E-state index contributed by atoms with van der Waals surface area (Å²) in [4.78, 5) is 19.2. The van der Waals surface area contributed by atoms with Crippen LogP contribution in [-0.2, 0) is 10.0 Å². The van der Waals surface area contributed by atoms with Gasteiger partial charge in [0, 0.05) is 24.3 Å². The Bertz CT molecular complexity index is 1430. The van der Waals surface area contributed by atoms with Crippen molar-refractivity contribution in [2.24, 2.45) is 5.92 Å². The number of ether oxygens (including phenoxy) is 1. The number of fused-ring (bicyclic) bond motifs is 3. The Balaban J connectivity index is 1.29. The molecular formula is C25H23Cl3N4O4S. The first-order valence-electron chi connectivity index (χ1n) is 11.6. The van der Waals surface area contributed by atoms with Gasteiger partial charge in [0.05, 0.1) is 20.0 Å². The van der Waals surface area contributed by atoms with Crippen molar-refractivity contribution in [2.45, 2.75) is 23.8 Å². The third kappa shape index (κ3) is 5.97. The first-order valence-corrected chi connectivity index (χ1v) is 14.2. The molecule has 3 fully saturated rings. The van der Waals surface area contributed by atoms with Gasteiger partial charge in [-0.1, -0.05) is 34.8 Å². The average Bonchev–Trinajstić information content (AvgIpc) is 2.88. The molecule has 3 aromatic rings. The van der Waals surface area contributed by atoms with Gasteiger partial charge in [0.25, 0.3) is 15.9 Å². The molecule has 3 aliphatic heterocycles. The summed E-state index contributed by atoms with van der Waals surface area (Å²) in [5, 5.41) is 3.70. The Kier molecular flexibility index (Phi) is 7.51. The summed E-state index contributed by atoms with van der Waals surface area (Å²) >= 11 is 17.9. The number of carbonyl (C=O) groups is 1. The number of nitrogens with one attached hydrogen (secondary N) is 2. The minimum atomic E-state index is -4.05. The predicted molar refractivity (Wildman–Crippen MR) is 143 cm³/mol. The van der Waals surface area contributed by atoms with Gasteiger partial charge in [-0.15, -0.1) is 0 Å². The fourth-order valence-corrected chi connectivity index (χ4v) is 6.19. The van der Waals surface area contributed by atoms with Gasteiger partial charge in [0.2, 0.25) is 5.88 Å². The maximum absolute atomic E-state index is 12.9. The maximum Gasteiger partial charge on any atom is 0.262 e. The Labute approximate surface area is 229 Å². The number of aromatic nitrogens is 1. The second-order valence-electron chi connectivity index (χ2n) is 9.03. The highest BCUT2D eigenvalue weighted by Crippen LogP contribution is 2.33. The largest absolute Gasteiger partial charge is 0.437 e. The van der Waals surface area contributed by atoms with Gasteiger partial charge in [-0.05, 0) is 80.4 Å². The van der Waals surface area contributed by atoms with E-state index in [1.807, 2.05) is 0 Å². The molecule has 194 valence electrons. The number of nitrogens with zero attached hydrogens (tertiary/aromatic N) is 2. The van der Waals surface area contributed by atoms with Crippen LogP contribution in [0.3, 0.4) is 0 Å². The Morgan fingerprint density at radius 2 is 1.73 bits per heavy atom. The van der Waals surface area contributed by atoms with E-state index in [1.165, 1.54) is 30.5 Å².